The first-order valence-electron chi connectivity index (χ1n) is 6.16. The second-order valence-corrected chi connectivity index (χ2v) is 4.93. The van der Waals surface area contributed by atoms with E-state index >= 15 is 0 Å². The van der Waals surface area contributed by atoms with E-state index in [9.17, 15) is 4.79 Å². The summed E-state index contributed by atoms with van der Waals surface area (Å²) in [7, 11) is 0. The third-order valence-corrected chi connectivity index (χ3v) is 3.47. The molecule has 0 bridgehead atoms. The molecule has 1 N–H and O–H groups in total. The molecule has 1 aromatic heterocycles. The number of aromatic nitrogens is 1. The molecule has 1 heterocycles. The predicted octanol–water partition coefficient (Wildman–Crippen LogP) is 3.05. The lowest BCUT2D eigenvalue weighted by atomic mass is 10.0. The minimum absolute atomic E-state index is 0.134. The minimum atomic E-state index is -0.134. The summed E-state index contributed by atoms with van der Waals surface area (Å²) in [6.07, 6.45) is 6.38. The number of carbonyl (C=O) groups excluding carboxylic acids is 1. The smallest absolute Gasteiger partial charge is 0.269 e. The number of nitrogens with zero attached hydrogens (tertiary/aromatic N) is 1. The number of amides is 1. The van der Waals surface area contributed by atoms with E-state index < -0.39 is 0 Å². The van der Waals surface area contributed by atoms with Crippen molar-refractivity contribution in [1.82, 2.24) is 10.3 Å². The standard InChI is InChI=1S/C13H17ClN2O/c14-12-7-3-6-11(16-12)13(17)15-9-8-10-4-1-2-5-10/h3,6-7,10H,1-2,4-5,8-9H2,(H,15,17). The van der Waals surface area contributed by atoms with Crippen molar-refractivity contribution in [2.75, 3.05) is 6.54 Å². The lowest BCUT2D eigenvalue weighted by Crippen LogP contribution is -2.26. The molecule has 17 heavy (non-hydrogen) atoms. The van der Waals surface area contributed by atoms with E-state index in [1.54, 1.807) is 18.2 Å². The number of halogens is 1. The zero-order valence-electron chi connectivity index (χ0n) is 9.79. The highest BCUT2D eigenvalue weighted by Crippen LogP contribution is 2.26. The van der Waals surface area contributed by atoms with Crippen molar-refractivity contribution in [1.29, 1.82) is 0 Å². The van der Waals surface area contributed by atoms with Gasteiger partial charge in [0.2, 0.25) is 0 Å². The van der Waals surface area contributed by atoms with Gasteiger partial charge in [-0.15, -0.1) is 0 Å². The van der Waals surface area contributed by atoms with E-state index in [4.69, 9.17) is 11.6 Å². The zero-order valence-corrected chi connectivity index (χ0v) is 10.5. The Kier molecular flexibility index (Phi) is 4.37. The molecule has 1 saturated carbocycles. The van der Waals surface area contributed by atoms with Gasteiger partial charge in [-0.25, -0.2) is 4.98 Å². The zero-order chi connectivity index (χ0) is 12.1. The molecule has 0 aromatic carbocycles. The fourth-order valence-corrected chi connectivity index (χ4v) is 2.48. The van der Waals surface area contributed by atoms with Crippen molar-refractivity contribution < 1.29 is 4.79 Å². The van der Waals surface area contributed by atoms with Gasteiger partial charge in [0.25, 0.3) is 5.91 Å². The van der Waals surface area contributed by atoms with Crippen molar-refractivity contribution in [2.45, 2.75) is 32.1 Å². The summed E-state index contributed by atoms with van der Waals surface area (Å²) in [5, 5.41) is 3.25. The van der Waals surface area contributed by atoms with E-state index in [0.717, 1.165) is 18.9 Å². The third-order valence-electron chi connectivity index (χ3n) is 3.26. The normalized spacial score (nSPS) is 16.1. The number of carbonyl (C=O) groups is 1. The van der Waals surface area contributed by atoms with Gasteiger partial charge in [-0.1, -0.05) is 43.4 Å². The van der Waals surface area contributed by atoms with Gasteiger partial charge in [0.05, 0.1) is 0 Å². The molecular weight excluding hydrogens is 236 g/mol. The molecule has 0 saturated heterocycles. The van der Waals surface area contributed by atoms with Crippen LogP contribution in [0.5, 0.6) is 0 Å². The number of pyridine rings is 1. The van der Waals surface area contributed by atoms with Gasteiger partial charge in [-0.3, -0.25) is 4.79 Å². The van der Waals surface area contributed by atoms with Gasteiger partial charge in [-0.05, 0) is 24.5 Å². The highest BCUT2D eigenvalue weighted by Gasteiger charge is 2.15. The predicted molar refractivity (Wildman–Crippen MR) is 68.2 cm³/mol. The summed E-state index contributed by atoms with van der Waals surface area (Å²) < 4.78 is 0. The molecule has 1 aromatic rings. The van der Waals surface area contributed by atoms with Crippen molar-refractivity contribution in [2.24, 2.45) is 5.92 Å². The number of nitrogens with one attached hydrogen (secondary N) is 1. The van der Waals surface area contributed by atoms with Crippen LogP contribution in [0.1, 0.15) is 42.6 Å². The van der Waals surface area contributed by atoms with Crippen molar-refractivity contribution in [3.8, 4) is 0 Å². The second-order valence-electron chi connectivity index (χ2n) is 4.54. The molecule has 92 valence electrons. The van der Waals surface area contributed by atoms with Crippen LogP contribution < -0.4 is 5.32 Å². The molecule has 0 aliphatic heterocycles. The Morgan fingerprint density at radius 2 is 2.18 bits per heavy atom. The van der Waals surface area contributed by atoms with Crippen LogP contribution in [0.25, 0.3) is 0 Å². The number of rotatable bonds is 4. The summed E-state index contributed by atoms with van der Waals surface area (Å²) in [6, 6.07) is 5.08. The SMILES string of the molecule is O=C(NCCC1CCCC1)c1cccc(Cl)n1. The average Bonchev–Trinajstić information content (AvgIpc) is 2.82. The Morgan fingerprint density at radius 1 is 1.41 bits per heavy atom. The molecule has 0 atom stereocenters. The largest absolute Gasteiger partial charge is 0.351 e. The molecule has 4 heteroatoms. The van der Waals surface area contributed by atoms with E-state index in [1.807, 2.05) is 0 Å². The first-order valence-corrected chi connectivity index (χ1v) is 6.54. The van der Waals surface area contributed by atoms with Crippen molar-refractivity contribution in [3.63, 3.8) is 0 Å². The maximum atomic E-state index is 11.7. The molecule has 1 aliphatic carbocycles. The van der Waals surface area contributed by atoms with Gasteiger partial charge in [-0.2, -0.15) is 0 Å². The van der Waals surface area contributed by atoms with E-state index in [2.05, 4.69) is 10.3 Å². The summed E-state index contributed by atoms with van der Waals surface area (Å²) in [6.45, 7) is 0.734. The molecule has 3 nitrogen and oxygen atoms in total. The number of hydrogen-bond acceptors (Lipinski definition) is 2. The lowest BCUT2D eigenvalue weighted by Gasteiger charge is -2.09. The maximum Gasteiger partial charge on any atom is 0.269 e. The Hall–Kier alpha value is -1.09. The van der Waals surface area contributed by atoms with Crippen molar-refractivity contribution >= 4 is 17.5 Å². The van der Waals surface area contributed by atoms with Crippen LogP contribution in [-0.2, 0) is 0 Å². The monoisotopic (exact) mass is 252 g/mol. The Labute approximate surface area is 107 Å². The molecular formula is C13H17ClN2O. The summed E-state index contributed by atoms with van der Waals surface area (Å²) in [5.74, 6) is 0.660. The topological polar surface area (TPSA) is 42.0 Å². The van der Waals surface area contributed by atoms with Gasteiger partial charge in [0, 0.05) is 6.54 Å². The first-order chi connectivity index (χ1) is 8.25. The average molecular weight is 253 g/mol. The highest BCUT2D eigenvalue weighted by molar-refractivity contribution is 6.29. The van der Waals surface area contributed by atoms with Crippen LogP contribution in [0.15, 0.2) is 18.2 Å². The molecule has 0 unspecified atom stereocenters. The quantitative estimate of drug-likeness (QED) is 0.837. The molecule has 0 radical (unpaired) electrons. The van der Waals surface area contributed by atoms with Crippen LogP contribution in [0.4, 0.5) is 0 Å². The van der Waals surface area contributed by atoms with Crippen LogP contribution >= 0.6 is 11.6 Å². The van der Waals surface area contributed by atoms with Gasteiger partial charge in [0.1, 0.15) is 10.8 Å². The van der Waals surface area contributed by atoms with Gasteiger partial charge in [0.15, 0.2) is 0 Å². The summed E-state index contributed by atoms with van der Waals surface area (Å²) in [4.78, 5) is 15.7. The Morgan fingerprint density at radius 3 is 2.88 bits per heavy atom. The van der Waals surface area contributed by atoms with Crippen LogP contribution in [0, 0.1) is 5.92 Å². The molecule has 0 spiro atoms. The van der Waals surface area contributed by atoms with Crippen LogP contribution in [0.3, 0.4) is 0 Å². The van der Waals surface area contributed by atoms with Crippen LogP contribution in [-0.4, -0.2) is 17.4 Å². The molecule has 1 fully saturated rings. The fraction of sp³-hybridized carbons (Fsp3) is 0.538. The molecule has 1 amide bonds. The van der Waals surface area contributed by atoms with E-state index in [0.29, 0.717) is 10.8 Å². The highest BCUT2D eigenvalue weighted by atomic mass is 35.5. The first kappa shape index (κ1) is 12.4. The Bertz CT molecular complexity index is 389. The van der Waals surface area contributed by atoms with E-state index in [-0.39, 0.29) is 5.91 Å². The molecule has 2 rings (SSSR count). The van der Waals surface area contributed by atoms with Crippen molar-refractivity contribution in [3.05, 3.63) is 29.0 Å². The fourth-order valence-electron chi connectivity index (χ4n) is 2.31. The second kappa shape index (κ2) is 6.01. The van der Waals surface area contributed by atoms with Gasteiger partial charge < -0.3 is 5.32 Å². The summed E-state index contributed by atoms with van der Waals surface area (Å²) >= 11 is 5.74. The lowest BCUT2D eigenvalue weighted by molar-refractivity contribution is 0.0946. The summed E-state index contributed by atoms with van der Waals surface area (Å²) in [5.41, 5.74) is 0.393. The third kappa shape index (κ3) is 3.70. The number of hydrogen-bond donors (Lipinski definition) is 1. The van der Waals surface area contributed by atoms with Gasteiger partial charge >= 0.3 is 0 Å². The minimum Gasteiger partial charge on any atom is -0.351 e. The molecule has 1 aliphatic rings. The Balaban J connectivity index is 1.77. The van der Waals surface area contributed by atoms with Crippen LogP contribution in [0.2, 0.25) is 5.15 Å². The van der Waals surface area contributed by atoms with E-state index in [1.165, 1.54) is 25.7 Å². The maximum absolute atomic E-state index is 11.7.